The summed E-state index contributed by atoms with van der Waals surface area (Å²) in [6, 6.07) is 7.92. The van der Waals surface area contributed by atoms with Crippen molar-refractivity contribution in [3.8, 4) is 5.88 Å². The third-order valence-corrected chi connectivity index (χ3v) is 5.93. The fraction of sp³-hybridized carbons (Fsp3) is 0.450. The number of ether oxygens (including phenoxy) is 2. The summed E-state index contributed by atoms with van der Waals surface area (Å²) in [5.41, 5.74) is 1.54. The highest BCUT2D eigenvalue weighted by molar-refractivity contribution is 7.89. The number of aryl methyl sites for hydroxylation is 1. The largest absolute Gasteiger partial charge is 0.475 e. The molecule has 1 aromatic carbocycles. The lowest BCUT2D eigenvalue weighted by molar-refractivity contribution is -0.0288. The number of aromatic nitrogens is 2. The minimum atomic E-state index is -3.73. The molecule has 2 aromatic rings. The molecule has 1 atom stereocenters. The summed E-state index contributed by atoms with van der Waals surface area (Å²) < 4.78 is 34.4. The average molecular weight is 466 g/mol. The number of anilines is 1. The number of primary sulfonamides is 1. The van der Waals surface area contributed by atoms with Crippen LogP contribution in [-0.4, -0.2) is 60.8 Å². The first kappa shape index (κ1) is 23.3. The van der Waals surface area contributed by atoms with Crippen LogP contribution in [0.2, 0.25) is 0 Å². The summed E-state index contributed by atoms with van der Waals surface area (Å²) >= 11 is 5.51. The number of hydrogen-bond donors (Lipinski definition) is 2. The molecule has 0 saturated carbocycles. The van der Waals surface area contributed by atoms with Crippen LogP contribution in [-0.2, 0) is 14.8 Å². The number of hydrogen-bond acceptors (Lipinski definition) is 7. The molecule has 3 N–H and O–H groups in total. The van der Waals surface area contributed by atoms with E-state index in [0.29, 0.717) is 43.0 Å². The maximum Gasteiger partial charge on any atom is 0.238 e. The van der Waals surface area contributed by atoms with Gasteiger partial charge >= 0.3 is 0 Å². The van der Waals surface area contributed by atoms with Gasteiger partial charge in [-0.3, -0.25) is 0 Å². The first-order chi connectivity index (χ1) is 14.6. The maximum atomic E-state index is 11.4. The fourth-order valence-electron chi connectivity index (χ4n) is 3.01. The van der Waals surface area contributed by atoms with Crippen LogP contribution < -0.4 is 15.2 Å². The van der Waals surface area contributed by atoms with Gasteiger partial charge in [-0.2, -0.15) is 4.98 Å². The molecule has 3 rings (SSSR count). The van der Waals surface area contributed by atoms with Gasteiger partial charge in [-0.15, -0.1) is 0 Å². The zero-order valence-electron chi connectivity index (χ0n) is 17.7. The van der Waals surface area contributed by atoms with Crippen LogP contribution in [0.1, 0.15) is 31.3 Å². The number of rotatable bonds is 6. The van der Waals surface area contributed by atoms with Crippen LogP contribution >= 0.6 is 12.2 Å². The zero-order chi connectivity index (χ0) is 22.6. The van der Waals surface area contributed by atoms with Crippen molar-refractivity contribution < 1.29 is 17.9 Å². The van der Waals surface area contributed by atoms with Gasteiger partial charge in [0.2, 0.25) is 15.9 Å². The van der Waals surface area contributed by atoms with Crippen molar-refractivity contribution >= 4 is 33.0 Å². The minimum absolute atomic E-state index is 0.0492. The van der Waals surface area contributed by atoms with Gasteiger partial charge in [0.15, 0.2) is 5.11 Å². The maximum absolute atomic E-state index is 11.4. The predicted molar refractivity (Wildman–Crippen MR) is 122 cm³/mol. The molecule has 11 heteroatoms. The van der Waals surface area contributed by atoms with Gasteiger partial charge < -0.3 is 19.7 Å². The van der Waals surface area contributed by atoms with Gasteiger partial charge in [0.1, 0.15) is 18.5 Å². The molecule has 2 heterocycles. The Kier molecular flexibility index (Phi) is 7.42. The highest BCUT2D eigenvalue weighted by Gasteiger charge is 2.23. The van der Waals surface area contributed by atoms with Gasteiger partial charge in [-0.05, 0) is 43.4 Å². The number of nitrogens with one attached hydrogen (secondary N) is 1. The standard InChI is InChI=1S/C20H27N5O4S2/c1-13(2)19-22-14(3)10-18(24-19)29-12-16-11-25(8-9-28-16)20(30)23-15-4-6-17(7-5-15)31(21,26)27/h4-7,10,13,16H,8-9,11-12H2,1-3H3,(H,23,30)(H2,21,26,27). The second kappa shape index (κ2) is 9.86. The van der Waals surface area contributed by atoms with E-state index in [4.69, 9.17) is 26.8 Å². The molecule has 0 spiro atoms. The second-order valence-electron chi connectivity index (χ2n) is 7.61. The summed E-state index contributed by atoms with van der Waals surface area (Å²) in [6.45, 7) is 8.05. The third-order valence-electron chi connectivity index (χ3n) is 4.64. The molecule has 0 bridgehead atoms. The number of morpholine rings is 1. The van der Waals surface area contributed by atoms with Crippen molar-refractivity contribution in [1.82, 2.24) is 14.9 Å². The van der Waals surface area contributed by atoms with E-state index in [1.54, 1.807) is 12.1 Å². The van der Waals surface area contributed by atoms with E-state index in [-0.39, 0.29) is 16.9 Å². The van der Waals surface area contributed by atoms with Crippen LogP contribution in [0.5, 0.6) is 5.88 Å². The highest BCUT2D eigenvalue weighted by atomic mass is 32.2. The molecule has 9 nitrogen and oxygen atoms in total. The normalized spacial score (nSPS) is 16.9. The number of nitrogens with two attached hydrogens (primary N) is 1. The van der Waals surface area contributed by atoms with Crippen molar-refractivity contribution in [1.29, 1.82) is 0 Å². The van der Waals surface area contributed by atoms with Crippen molar-refractivity contribution in [2.75, 3.05) is 31.6 Å². The zero-order valence-corrected chi connectivity index (χ0v) is 19.4. The molecule has 0 aliphatic carbocycles. The van der Waals surface area contributed by atoms with Gasteiger partial charge in [0.05, 0.1) is 11.5 Å². The summed E-state index contributed by atoms with van der Waals surface area (Å²) in [5.74, 6) is 1.50. The molecule has 1 aliphatic heterocycles. The third kappa shape index (κ3) is 6.57. The molecular weight excluding hydrogens is 438 g/mol. The number of sulfonamides is 1. The fourth-order valence-corrected chi connectivity index (χ4v) is 3.81. The van der Waals surface area contributed by atoms with Crippen LogP contribution in [0.4, 0.5) is 5.69 Å². The molecule has 1 unspecified atom stereocenters. The molecule has 1 aromatic heterocycles. The van der Waals surface area contributed by atoms with Crippen molar-refractivity contribution in [2.45, 2.75) is 37.7 Å². The topological polar surface area (TPSA) is 120 Å². The van der Waals surface area contributed by atoms with E-state index in [1.807, 2.05) is 31.7 Å². The number of thiocarbonyl (C=S) groups is 1. The Labute approximate surface area is 188 Å². The van der Waals surface area contributed by atoms with E-state index in [9.17, 15) is 8.42 Å². The van der Waals surface area contributed by atoms with Gasteiger partial charge in [-0.25, -0.2) is 18.5 Å². The second-order valence-corrected chi connectivity index (χ2v) is 9.56. The lowest BCUT2D eigenvalue weighted by Gasteiger charge is -2.34. The Bertz CT molecular complexity index is 1030. The van der Waals surface area contributed by atoms with Crippen molar-refractivity contribution in [3.05, 3.63) is 41.9 Å². The first-order valence-electron chi connectivity index (χ1n) is 9.90. The Hall–Kier alpha value is -2.34. The smallest absolute Gasteiger partial charge is 0.238 e. The molecule has 1 fully saturated rings. The van der Waals surface area contributed by atoms with Crippen LogP contribution in [0, 0.1) is 6.92 Å². The van der Waals surface area contributed by atoms with E-state index in [1.165, 1.54) is 12.1 Å². The Morgan fingerprint density at radius 2 is 2.06 bits per heavy atom. The van der Waals surface area contributed by atoms with Crippen molar-refractivity contribution in [3.63, 3.8) is 0 Å². The SMILES string of the molecule is Cc1cc(OCC2CN(C(=S)Nc3ccc(S(N)(=O)=O)cc3)CCO2)nc(C(C)C)n1. The van der Waals surface area contributed by atoms with Gasteiger partial charge in [0.25, 0.3) is 0 Å². The molecule has 0 amide bonds. The first-order valence-corrected chi connectivity index (χ1v) is 11.9. The number of benzene rings is 1. The Morgan fingerprint density at radius 3 is 2.71 bits per heavy atom. The van der Waals surface area contributed by atoms with Crippen LogP contribution in [0.3, 0.4) is 0 Å². The molecule has 1 saturated heterocycles. The van der Waals surface area contributed by atoms with E-state index < -0.39 is 10.0 Å². The van der Waals surface area contributed by atoms with E-state index in [0.717, 1.165) is 11.5 Å². The van der Waals surface area contributed by atoms with Crippen molar-refractivity contribution in [2.24, 2.45) is 5.14 Å². The predicted octanol–water partition coefficient (Wildman–Crippen LogP) is 2.03. The molecule has 0 radical (unpaired) electrons. The molecular formula is C20H27N5O4S2. The summed E-state index contributed by atoms with van der Waals surface area (Å²) in [4.78, 5) is 10.9. The lowest BCUT2D eigenvalue weighted by atomic mass is 10.2. The van der Waals surface area contributed by atoms with Gasteiger partial charge in [-0.1, -0.05) is 13.8 Å². The monoisotopic (exact) mass is 465 g/mol. The van der Waals surface area contributed by atoms with Crippen LogP contribution in [0.25, 0.3) is 0 Å². The molecule has 31 heavy (non-hydrogen) atoms. The Balaban J connectivity index is 1.56. The quantitative estimate of drug-likeness (QED) is 0.618. The summed E-state index contributed by atoms with van der Waals surface area (Å²) in [6.07, 6.45) is -0.170. The van der Waals surface area contributed by atoms with Crippen LogP contribution in [0.15, 0.2) is 35.2 Å². The highest BCUT2D eigenvalue weighted by Crippen LogP contribution is 2.17. The molecule has 1 aliphatic rings. The lowest BCUT2D eigenvalue weighted by Crippen LogP contribution is -2.49. The van der Waals surface area contributed by atoms with E-state index >= 15 is 0 Å². The summed E-state index contributed by atoms with van der Waals surface area (Å²) in [7, 11) is -3.73. The average Bonchev–Trinajstić information content (AvgIpc) is 2.72. The van der Waals surface area contributed by atoms with Gasteiger partial charge in [0, 0.05) is 36.5 Å². The van der Waals surface area contributed by atoms with E-state index in [2.05, 4.69) is 15.3 Å². The summed E-state index contributed by atoms with van der Waals surface area (Å²) in [5, 5.41) is 8.77. The minimum Gasteiger partial charge on any atom is -0.475 e. The molecule has 168 valence electrons. The Morgan fingerprint density at radius 1 is 1.35 bits per heavy atom. The number of nitrogens with zero attached hydrogens (tertiary/aromatic N) is 3.